The zero-order valence-electron chi connectivity index (χ0n) is 19.7. The van der Waals surface area contributed by atoms with Crippen LogP contribution in [0.5, 0.6) is 5.75 Å². The first kappa shape index (κ1) is 28.5. The first-order valence-corrected chi connectivity index (χ1v) is 15.3. The molecule has 7 nitrogen and oxygen atoms in total. The Bertz CT molecular complexity index is 1370. The molecule has 2 aromatic carbocycles. The molecule has 1 N–H and O–H groups in total. The summed E-state index contributed by atoms with van der Waals surface area (Å²) in [6.07, 6.45) is -0.486. The number of hydrogen-bond acceptors (Lipinski definition) is 7. The van der Waals surface area contributed by atoms with Gasteiger partial charge in [0.1, 0.15) is 10.6 Å². The van der Waals surface area contributed by atoms with E-state index in [-0.39, 0.29) is 54.7 Å². The maximum atomic E-state index is 15.4. The van der Waals surface area contributed by atoms with E-state index in [4.69, 9.17) is 21.1 Å². The third kappa shape index (κ3) is 4.76. The van der Waals surface area contributed by atoms with Crippen molar-refractivity contribution in [1.29, 1.82) is 0 Å². The summed E-state index contributed by atoms with van der Waals surface area (Å²) in [5.41, 5.74) is -0.371. The maximum Gasteiger partial charge on any atom is 0.189 e. The molecule has 4 atom stereocenters. The Morgan fingerprint density at radius 1 is 1.05 bits per heavy atom. The SMILES string of the molecule is Cl.O=S(=O)(CC[C@@H]1OCC[C@@]2(S(=O)(=O)c3ccc(Cl)cc3)c3c(F)ccc(F)c3OC[C@@H]12)[C@@H]1CCNC1. The van der Waals surface area contributed by atoms with Crippen LogP contribution < -0.4 is 10.1 Å². The largest absolute Gasteiger partial charge is 0.490 e. The van der Waals surface area contributed by atoms with E-state index >= 15 is 4.39 Å². The Kier molecular flexibility index (Phi) is 8.15. The molecular formula is C24H27Cl2F2NO6S2. The second kappa shape index (κ2) is 10.6. The third-order valence-corrected chi connectivity index (χ3v) is 12.6. The molecule has 3 heterocycles. The van der Waals surface area contributed by atoms with Crippen molar-refractivity contribution >= 4 is 43.7 Å². The molecule has 204 valence electrons. The lowest BCUT2D eigenvalue weighted by Crippen LogP contribution is -2.57. The molecule has 0 aromatic heterocycles. The predicted octanol–water partition coefficient (Wildman–Crippen LogP) is 3.67. The van der Waals surface area contributed by atoms with Crippen LogP contribution in [0.4, 0.5) is 8.78 Å². The fourth-order valence-electron chi connectivity index (χ4n) is 5.72. The van der Waals surface area contributed by atoms with Gasteiger partial charge in [0.15, 0.2) is 31.2 Å². The van der Waals surface area contributed by atoms with Gasteiger partial charge < -0.3 is 14.8 Å². The molecule has 0 unspecified atom stereocenters. The van der Waals surface area contributed by atoms with Gasteiger partial charge in [0.2, 0.25) is 0 Å². The minimum Gasteiger partial charge on any atom is -0.490 e. The molecule has 2 aromatic rings. The number of ether oxygens (including phenoxy) is 2. The van der Waals surface area contributed by atoms with Gasteiger partial charge in [-0.25, -0.2) is 25.6 Å². The van der Waals surface area contributed by atoms with Gasteiger partial charge in [-0.15, -0.1) is 12.4 Å². The van der Waals surface area contributed by atoms with E-state index in [2.05, 4.69) is 5.32 Å². The highest BCUT2D eigenvalue weighted by Gasteiger charge is 2.61. The van der Waals surface area contributed by atoms with Crippen LogP contribution in [0, 0.1) is 17.6 Å². The van der Waals surface area contributed by atoms with Crippen molar-refractivity contribution in [3.63, 3.8) is 0 Å². The number of hydrogen-bond donors (Lipinski definition) is 1. The van der Waals surface area contributed by atoms with E-state index in [1.165, 1.54) is 24.3 Å². The van der Waals surface area contributed by atoms with Crippen LogP contribution in [-0.4, -0.2) is 60.2 Å². The van der Waals surface area contributed by atoms with Crippen LogP contribution in [0.1, 0.15) is 24.8 Å². The average molecular weight is 599 g/mol. The molecular weight excluding hydrogens is 571 g/mol. The van der Waals surface area contributed by atoms with Gasteiger partial charge in [0.05, 0.1) is 34.2 Å². The highest BCUT2D eigenvalue weighted by molar-refractivity contribution is 7.92. The molecule has 0 aliphatic carbocycles. The van der Waals surface area contributed by atoms with Crippen LogP contribution in [-0.2, 0) is 29.2 Å². The second-order valence-corrected chi connectivity index (χ2v) is 14.5. The number of nitrogens with one attached hydrogen (secondary N) is 1. The van der Waals surface area contributed by atoms with Crippen molar-refractivity contribution < 1.29 is 35.1 Å². The molecule has 0 bridgehead atoms. The van der Waals surface area contributed by atoms with Crippen LogP contribution in [0.3, 0.4) is 0 Å². The monoisotopic (exact) mass is 597 g/mol. The van der Waals surface area contributed by atoms with E-state index < -0.39 is 59.1 Å². The van der Waals surface area contributed by atoms with Crippen LogP contribution in [0.25, 0.3) is 0 Å². The fraction of sp³-hybridized carbons (Fsp3) is 0.500. The Balaban J connectivity index is 0.00000320. The Morgan fingerprint density at radius 2 is 1.76 bits per heavy atom. The lowest BCUT2D eigenvalue weighted by atomic mass is 9.75. The molecule has 3 aliphatic rings. The highest BCUT2D eigenvalue weighted by Crippen LogP contribution is 2.56. The van der Waals surface area contributed by atoms with E-state index in [0.29, 0.717) is 24.5 Å². The lowest BCUT2D eigenvalue weighted by Gasteiger charge is -2.50. The third-order valence-electron chi connectivity index (χ3n) is 7.56. The Labute approximate surface area is 226 Å². The van der Waals surface area contributed by atoms with Crippen LogP contribution >= 0.6 is 24.0 Å². The fourth-order valence-corrected chi connectivity index (χ4v) is 9.93. The maximum absolute atomic E-state index is 15.4. The predicted molar refractivity (Wildman–Crippen MR) is 137 cm³/mol. The normalized spacial score (nSPS) is 27.5. The Morgan fingerprint density at radius 3 is 2.43 bits per heavy atom. The number of rotatable bonds is 6. The zero-order chi connectivity index (χ0) is 25.7. The van der Waals surface area contributed by atoms with E-state index in [9.17, 15) is 21.2 Å². The molecule has 3 aliphatic heterocycles. The summed E-state index contributed by atoms with van der Waals surface area (Å²) in [4.78, 5) is -0.0984. The zero-order valence-corrected chi connectivity index (χ0v) is 22.9. The van der Waals surface area contributed by atoms with E-state index in [0.717, 1.165) is 12.1 Å². The van der Waals surface area contributed by atoms with Gasteiger partial charge in [0.25, 0.3) is 0 Å². The number of sulfone groups is 2. The first-order chi connectivity index (χ1) is 17.1. The van der Waals surface area contributed by atoms with Gasteiger partial charge in [-0.05, 0) is 62.2 Å². The minimum atomic E-state index is -4.34. The number of halogens is 4. The van der Waals surface area contributed by atoms with Crippen molar-refractivity contribution in [3.05, 3.63) is 58.6 Å². The summed E-state index contributed by atoms with van der Waals surface area (Å²) in [5.74, 6) is -3.38. The summed E-state index contributed by atoms with van der Waals surface area (Å²) in [7, 11) is -7.81. The quantitative estimate of drug-likeness (QED) is 0.542. The van der Waals surface area contributed by atoms with Crippen molar-refractivity contribution in [2.24, 2.45) is 5.92 Å². The molecule has 37 heavy (non-hydrogen) atoms. The lowest BCUT2D eigenvalue weighted by molar-refractivity contribution is -0.0732. The minimum absolute atomic E-state index is 0. The van der Waals surface area contributed by atoms with Crippen LogP contribution in [0.2, 0.25) is 5.02 Å². The summed E-state index contributed by atoms with van der Waals surface area (Å²) in [6, 6.07) is 7.29. The molecule has 0 radical (unpaired) electrons. The summed E-state index contributed by atoms with van der Waals surface area (Å²) in [5, 5.41) is 2.84. The second-order valence-electron chi connectivity index (χ2n) is 9.43. The van der Waals surface area contributed by atoms with Crippen molar-refractivity contribution in [1.82, 2.24) is 5.32 Å². The summed E-state index contributed by atoms with van der Waals surface area (Å²) < 4.78 is 94.1. The molecule has 0 amide bonds. The van der Waals surface area contributed by atoms with Gasteiger partial charge in [-0.2, -0.15) is 0 Å². The van der Waals surface area contributed by atoms with E-state index in [1.807, 2.05) is 0 Å². The van der Waals surface area contributed by atoms with Gasteiger partial charge in [-0.1, -0.05) is 11.6 Å². The first-order valence-electron chi connectivity index (χ1n) is 11.7. The van der Waals surface area contributed by atoms with Gasteiger partial charge in [-0.3, -0.25) is 0 Å². The van der Waals surface area contributed by atoms with Crippen molar-refractivity contribution in [2.45, 2.75) is 40.3 Å². The topological polar surface area (TPSA) is 98.8 Å². The molecule has 0 spiro atoms. The number of fused-ring (bicyclic) bond motifs is 3. The van der Waals surface area contributed by atoms with Crippen molar-refractivity contribution in [3.8, 4) is 5.75 Å². The molecule has 5 rings (SSSR count). The average Bonchev–Trinajstić information content (AvgIpc) is 3.41. The highest BCUT2D eigenvalue weighted by atomic mass is 35.5. The Hall–Kier alpha value is -1.50. The molecule has 2 saturated heterocycles. The number of benzene rings is 2. The van der Waals surface area contributed by atoms with Crippen molar-refractivity contribution in [2.75, 3.05) is 32.1 Å². The van der Waals surface area contributed by atoms with Gasteiger partial charge in [0, 0.05) is 24.1 Å². The van der Waals surface area contributed by atoms with Crippen LogP contribution in [0.15, 0.2) is 41.3 Å². The smallest absolute Gasteiger partial charge is 0.189 e. The molecule has 0 saturated carbocycles. The van der Waals surface area contributed by atoms with E-state index in [1.54, 1.807) is 0 Å². The molecule has 2 fully saturated rings. The standard InChI is InChI=1S/C24H26ClF2NO6S2.ClH/c25-15-1-3-16(4-2-15)36(31,32)24-9-11-33-21(8-12-35(29,30)17-7-10-28-13-17)18(24)14-34-23-20(27)6-5-19(26)22(23)24;/h1-6,17-18,21,28H,7-14H2;1H/t17-,18+,21+,24+;/m1./s1. The van der Waals surface area contributed by atoms with Gasteiger partial charge >= 0.3 is 0 Å². The summed E-state index contributed by atoms with van der Waals surface area (Å²) >= 11 is 5.97. The summed E-state index contributed by atoms with van der Waals surface area (Å²) in [6.45, 7) is 0.641. The molecule has 13 heteroatoms.